The fourth-order valence-electron chi connectivity index (χ4n) is 3.65. The zero-order valence-electron chi connectivity index (χ0n) is 13.1. The van der Waals surface area contributed by atoms with Crippen LogP contribution in [0.2, 0.25) is 0 Å². The van der Waals surface area contributed by atoms with Gasteiger partial charge in [0.1, 0.15) is 0 Å². The number of carbonyl (C=O) groups excluding carboxylic acids is 1. The van der Waals surface area contributed by atoms with E-state index in [0.29, 0.717) is 6.54 Å². The van der Waals surface area contributed by atoms with Crippen molar-refractivity contribution in [3.05, 3.63) is 36.2 Å². The van der Waals surface area contributed by atoms with E-state index < -0.39 is 0 Å². The molecular weight excluding hydrogens is 290 g/mol. The third kappa shape index (κ3) is 2.63. The minimum Gasteiger partial charge on any atom is -0.333 e. The molecule has 0 spiro atoms. The minimum absolute atomic E-state index is 0.0908. The average Bonchev–Trinajstić information content (AvgIpc) is 3.20. The van der Waals surface area contributed by atoms with Crippen molar-refractivity contribution >= 4 is 5.91 Å². The molecule has 1 fully saturated rings. The second kappa shape index (κ2) is 5.77. The molecule has 1 saturated carbocycles. The molecule has 6 heteroatoms. The summed E-state index contributed by atoms with van der Waals surface area (Å²) < 4.78 is 2.12. The van der Waals surface area contributed by atoms with Crippen LogP contribution in [0.5, 0.6) is 0 Å². The van der Waals surface area contributed by atoms with E-state index in [1.807, 2.05) is 35.2 Å². The van der Waals surface area contributed by atoms with Crippen LogP contribution in [-0.2, 0) is 17.9 Å². The van der Waals surface area contributed by atoms with Crippen LogP contribution in [0.4, 0.5) is 0 Å². The second-order valence-electron chi connectivity index (χ2n) is 6.49. The molecule has 2 N–H and O–H groups in total. The van der Waals surface area contributed by atoms with Gasteiger partial charge in [-0.3, -0.25) is 4.79 Å². The first-order valence-corrected chi connectivity index (χ1v) is 8.24. The van der Waals surface area contributed by atoms with Crippen LogP contribution >= 0.6 is 0 Å². The Labute approximate surface area is 135 Å². The molecule has 1 amide bonds. The molecule has 1 aromatic heterocycles. The van der Waals surface area contributed by atoms with Gasteiger partial charge in [0.25, 0.3) is 0 Å². The normalized spacial score (nSPS) is 23.8. The summed E-state index contributed by atoms with van der Waals surface area (Å²) in [5, 5.41) is 8.63. The molecule has 2 aromatic rings. The predicted octanol–water partition coefficient (Wildman–Crippen LogP) is 1.41. The van der Waals surface area contributed by atoms with Crippen LogP contribution in [0.25, 0.3) is 11.4 Å². The van der Waals surface area contributed by atoms with Gasteiger partial charge in [0.15, 0.2) is 11.6 Å². The zero-order valence-corrected chi connectivity index (χ0v) is 13.1. The number of hydrogen-bond donors (Lipinski definition) is 1. The van der Waals surface area contributed by atoms with Crippen LogP contribution in [0.15, 0.2) is 30.3 Å². The summed E-state index contributed by atoms with van der Waals surface area (Å²) in [5.74, 6) is 2.07. The lowest BCUT2D eigenvalue weighted by Crippen LogP contribution is -2.41. The van der Waals surface area contributed by atoms with Crippen LogP contribution in [0.3, 0.4) is 0 Å². The number of hydrogen-bond acceptors (Lipinski definition) is 4. The van der Waals surface area contributed by atoms with Gasteiger partial charge in [-0.05, 0) is 19.3 Å². The second-order valence-corrected chi connectivity index (χ2v) is 6.49. The lowest BCUT2D eigenvalue weighted by molar-refractivity contribution is -0.136. The van der Waals surface area contributed by atoms with Gasteiger partial charge in [-0.1, -0.05) is 30.3 Å². The van der Waals surface area contributed by atoms with E-state index in [1.54, 1.807) is 0 Å². The molecule has 2 aliphatic rings. The number of nitrogens with two attached hydrogens (primary N) is 1. The summed E-state index contributed by atoms with van der Waals surface area (Å²) in [5.41, 5.74) is 7.00. The average molecular weight is 311 g/mol. The summed E-state index contributed by atoms with van der Waals surface area (Å²) in [4.78, 5) is 14.6. The Kier molecular flexibility index (Phi) is 3.61. The van der Waals surface area contributed by atoms with Crippen molar-refractivity contribution in [3.8, 4) is 11.4 Å². The summed E-state index contributed by atoms with van der Waals surface area (Å²) >= 11 is 0. The molecular formula is C17H21N5O. The fourth-order valence-corrected chi connectivity index (χ4v) is 3.65. The quantitative estimate of drug-likeness (QED) is 0.910. The van der Waals surface area contributed by atoms with Gasteiger partial charge in [0.2, 0.25) is 5.91 Å². The molecule has 23 heavy (non-hydrogen) atoms. The van der Waals surface area contributed by atoms with E-state index in [1.165, 1.54) is 0 Å². The molecule has 2 heterocycles. The molecule has 2 atom stereocenters. The van der Waals surface area contributed by atoms with Gasteiger partial charge in [-0.15, -0.1) is 10.2 Å². The fraction of sp³-hybridized carbons (Fsp3) is 0.471. The first kappa shape index (κ1) is 14.4. The van der Waals surface area contributed by atoms with E-state index >= 15 is 0 Å². The Morgan fingerprint density at radius 1 is 1.13 bits per heavy atom. The molecule has 2 unspecified atom stereocenters. The molecule has 0 saturated heterocycles. The van der Waals surface area contributed by atoms with Crippen LogP contribution in [0.1, 0.15) is 25.1 Å². The maximum Gasteiger partial charge on any atom is 0.226 e. The topological polar surface area (TPSA) is 77.0 Å². The largest absolute Gasteiger partial charge is 0.333 e. The summed E-state index contributed by atoms with van der Waals surface area (Å²) in [6.07, 6.45) is 2.69. The third-order valence-corrected chi connectivity index (χ3v) is 4.92. The number of rotatable bonds is 2. The Balaban J connectivity index is 1.52. The molecule has 1 aliphatic carbocycles. The van der Waals surface area contributed by atoms with Crippen LogP contribution < -0.4 is 5.73 Å². The number of carbonyl (C=O) groups is 1. The third-order valence-electron chi connectivity index (χ3n) is 4.92. The maximum atomic E-state index is 12.6. The van der Waals surface area contributed by atoms with Crippen molar-refractivity contribution in [2.45, 2.75) is 38.4 Å². The minimum atomic E-state index is 0.0908. The van der Waals surface area contributed by atoms with Gasteiger partial charge in [0.05, 0.1) is 6.54 Å². The highest BCUT2D eigenvalue weighted by atomic mass is 16.2. The van der Waals surface area contributed by atoms with Crippen LogP contribution in [-0.4, -0.2) is 38.2 Å². The molecule has 4 rings (SSSR count). The van der Waals surface area contributed by atoms with Gasteiger partial charge in [-0.2, -0.15) is 0 Å². The highest BCUT2D eigenvalue weighted by molar-refractivity contribution is 5.79. The lowest BCUT2D eigenvalue weighted by Gasteiger charge is -2.30. The maximum absolute atomic E-state index is 12.6. The number of amides is 1. The monoisotopic (exact) mass is 311 g/mol. The van der Waals surface area contributed by atoms with Crippen molar-refractivity contribution in [2.24, 2.45) is 11.7 Å². The summed E-state index contributed by atoms with van der Waals surface area (Å²) in [6, 6.07) is 10.2. The molecule has 0 radical (unpaired) electrons. The number of benzene rings is 1. The Morgan fingerprint density at radius 2 is 1.96 bits per heavy atom. The SMILES string of the molecule is NC1CCC(C(=O)N2CCn3c(nnc3-c3ccccc3)C2)C1. The molecule has 6 nitrogen and oxygen atoms in total. The van der Waals surface area contributed by atoms with Crippen molar-refractivity contribution < 1.29 is 4.79 Å². The van der Waals surface area contributed by atoms with E-state index in [4.69, 9.17) is 5.73 Å². The Bertz CT molecular complexity index is 711. The van der Waals surface area contributed by atoms with Gasteiger partial charge >= 0.3 is 0 Å². The predicted molar refractivity (Wildman–Crippen MR) is 86.2 cm³/mol. The zero-order chi connectivity index (χ0) is 15.8. The smallest absolute Gasteiger partial charge is 0.226 e. The van der Waals surface area contributed by atoms with Gasteiger partial charge in [0, 0.05) is 30.6 Å². The molecule has 1 aliphatic heterocycles. The van der Waals surface area contributed by atoms with E-state index in [-0.39, 0.29) is 17.9 Å². The summed E-state index contributed by atoms with van der Waals surface area (Å²) in [7, 11) is 0. The first-order chi connectivity index (χ1) is 11.2. The molecule has 0 bridgehead atoms. The number of aromatic nitrogens is 3. The number of nitrogens with zero attached hydrogens (tertiary/aromatic N) is 4. The number of fused-ring (bicyclic) bond motifs is 1. The standard InChI is InChI=1S/C17H21N5O/c18-14-7-6-13(10-14)17(23)21-8-9-22-15(11-21)19-20-16(22)12-4-2-1-3-5-12/h1-5,13-14H,6-11,18H2. The van der Waals surface area contributed by atoms with Gasteiger partial charge in [-0.25, -0.2) is 0 Å². The Morgan fingerprint density at radius 3 is 2.70 bits per heavy atom. The van der Waals surface area contributed by atoms with Crippen molar-refractivity contribution in [3.63, 3.8) is 0 Å². The van der Waals surface area contributed by atoms with Crippen molar-refractivity contribution in [2.75, 3.05) is 6.54 Å². The van der Waals surface area contributed by atoms with Crippen molar-refractivity contribution in [1.82, 2.24) is 19.7 Å². The van der Waals surface area contributed by atoms with Crippen molar-refractivity contribution in [1.29, 1.82) is 0 Å². The van der Waals surface area contributed by atoms with E-state index in [2.05, 4.69) is 14.8 Å². The van der Waals surface area contributed by atoms with E-state index in [0.717, 1.165) is 49.6 Å². The molecule has 1 aromatic carbocycles. The first-order valence-electron chi connectivity index (χ1n) is 8.24. The van der Waals surface area contributed by atoms with Gasteiger partial charge < -0.3 is 15.2 Å². The van der Waals surface area contributed by atoms with Crippen LogP contribution in [0, 0.1) is 5.92 Å². The molecule has 120 valence electrons. The summed E-state index contributed by atoms with van der Waals surface area (Å²) in [6.45, 7) is 2.01. The highest BCUT2D eigenvalue weighted by Crippen LogP contribution is 2.28. The van der Waals surface area contributed by atoms with E-state index in [9.17, 15) is 4.79 Å². The highest BCUT2D eigenvalue weighted by Gasteiger charge is 2.33. The Hall–Kier alpha value is -2.21. The lowest BCUT2D eigenvalue weighted by atomic mass is 10.1.